The van der Waals surface area contributed by atoms with Gasteiger partial charge in [0.05, 0.1) is 11.4 Å². The summed E-state index contributed by atoms with van der Waals surface area (Å²) in [5, 5.41) is 33.8. The Hall–Kier alpha value is -2.97. The van der Waals surface area contributed by atoms with E-state index in [1.165, 1.54) is 44.1 Å². The number of nitrogens with one attached hydrogen (secondary N) is 2. The van der Waals surface area contributed by atoms with Gasteiger partial charge in [-0.2, -0.15) is 15.8 Å². The summed E-state index contributed by atoms with van der Waals surface area (Å²) in [4.78, 5) is 0. The molecule has 0 aliphatic heterocycles. The van der Waals surface area contributed by atoms with Crippen molar-refractivity contribution in [2.24, 2.45) is 17.8 Å². The maximum Gasteiger partial charge on any atom is 0.163 e. The van der Waals surface area contributed by atoms with Crippen LogP contribution in [0.2, 0.25) is 0 Å². The monoisotopic (exact) mass is 357 g/mol. The minimum absolute atomic E-state index is 0.000776. The Morgan fingerprint density at radius 1 is 0.926 bits per heavy atom. The molecule has 4 bridgehead atoms. The standard InChI is InChI=1S/C22H23N5/c1-26-19-3-2-18(7-20(19)27-21(13-25)17(11-23)12-24)22-8-14-4-15(9-22)6-16(5-14)10-22/h2-3,7,14-16,26-27H,4-6,8-10H2,1H3. The van der Waals surface area contributed by atoms with Crippen LogP contribution in [0.15, 0.2) is 29.5 Å². The second-order valence-corrected chi connectivity index (χ2v) is 8.42. The highest BCUT2D eigenvalue weighted by molar-refractivity contribution is 5.74. The number of hydrogen-bond acceptors (Lipinski definition) is 5. The molecule has 2 N–H and O–H groups in total. The fraction of sp³-hybridized carbons (Fsp3) is 0.500. The van der Waals surface area contributed by atoms with Gasteiger partial charge in [0.1, 0.15) is 23.9 Å². The second-order valence-electron chi connectivity index (χ2n) is 8.42. The van der Waals surface area contributed by atoms with Crippen LogP contribution in [0.1, 0.15) is 44.1 Å². The van der Waals surface area contributed by atoms with E-state index in [9.17, 15) is 5.26 Å². The molecule has 0 atom stereocenters. The van der Waals surface area contributed by atoms with Crippen molar-refractivity contribution in [1.82, 2.24) is 0 Å². The van der Waals surface area contributed by atoms with Crippen molar-refractivity contribution in [1.29, 1.82) is 15.8 Å². The maximum atomic E-state index is 9.39. The maximum absolute atomic E-state index is 9.39. The molecule has 0 amide bonds. The van der Waals surface area contributed by atoms with E-state index in [-0.39, 0.29) is 16.7 Å². The Balaban J connectivity index is 1.72. The van der Waals surface area contributed by atoms with Gasteiger partial charge in [0, 0.05) is 7.05 Å². The van der Waals surface area contributed by atoms with Crippen molar-refractivity contribution in [2.45, 2.75) is 43.9 Å². The van der Waals surface area contributed by atoms with Gasteiger partial charge in [0.25, 0.3) is 0 Å². The molecule has 4 aliphatic rings. The summed E-state index contributed by atoms with van der Waals surface area (Å²) in [6, 6.07) is 11.9. The van der Waals surface area contributed by atoms with Crippen LogP contribution in [0.4, 0.5) is 11.4 Å². The second kappa shape index (κ2) is 6.64. The average molecular weight is 357 g/mol. The molecule has 0 aromatic heterocycles. The van der Waals surface area contributed by atoms with Gasteiger partial charge in [0.2, 0.25) is 0 Å². The summed E-state index contributed by atoms with van der Waals surface area (Å²) in [5.41, 5.74) is 2.99. The van der Waals surface area contributed by atoms with E-state index in [2.05, 4.69) is 22.8 Å². The van der Waals surface area contributed by atoms with Crippen LogP contribution in [0.3, 0.4) is 0 Å². The molecule has 4 aliphatic carbocycles. The third kappa shape index (κ3) is 2.92. The Bertz CT molecular complexity index is 870. The summed E-state index contributed by atoms with van der Waals surface area (Å²) in [5.74, 6) is 2.57. The lowest BCUT2D eigenvalue weighted by molar-refractivity contribution is -0.00515. The summed E-state index contributed by atoms with van der Waals surface area (Å²) >= 11 is 0. The minimum Gasteiger partial charge on any atom is -0.386 e. The molecule has 5 nitrogen and oxygen atoms in total. The van der Waals surface area contributed by atoms with E-state index < -0.39 is 0 Å². The SMILES string of the molecule is CNc1ccc(C23CC4CC(CC(C4)C2)C3)cc1NC(C#N)=C(C#N)C#N. The number of anilines is 2. The predicted molar refractivity (Wildman–Crippen MR) is 103 cm³/mol. The zero-order chi connectivity index (χ0) is 19.0. The molecule has 1 aromatic carbocycles. The zero-order valence-corrected chi connectivity index (χ0v) is 15.5. The van der Waals surface area contributed by atoms with E-state index in [4.69, 9.17) is 10.5 Å². The summed E-state index contributed by atoms with van der Waals surface area (Å²) < 4.78 is 0. The lowest BCUT2D eigenvalue weighted by Crippen LogP contribution is -2.48. The highest BCUT2D eigenvalue weighted by Gasteiger charge is 2.51. The van der Waals surface area contributed by atoms with E-state index in [0.717, 1.165) is 29.1 Å². The number of allylic oxidation sites excluding steroid dienone is 2. The lowest BCUT2D eigenvalue weighted by Gasteiger charge is -2.57. The lowest BCUT2D eigenvalue weighted by atomic mass is 9.48. The molecule has 4 fully saturated rings. The van der Waals surface area contributed by atoms with Crippen LogP contribution < -0.4 is 10.6 Å². The van der Waals surface area contributed by atoms with Crippen molar-refractivity contribution in [2.75, 3.05) is 17.7 Å². The number of hydrogen-bond donors (Lipinski definition) is 2. The zero-order valence-electron chi connectivity index (χ0n) is 15.5. The van der Waals surface area contributed by atoms with E-state index in [0.29, 0.717) is 0 Å². The van der Waals surface area contributed by atoms with Gasteiger partial charge in [-0.25, -0.2) is 0 Å². The first-order chi connectivity index (χ1) is 13.1. The van der Waals surface area contributed by atoms with Gasteiger partial charge >= 0.3 is 0 Å². The van der Waals surface area contributed by atoms with Crippen LogP contribution in [-0.4, -0.2) is 7.05 Å². The molecule has 5 rings (SSSR count). The Labute approximate surface area is 160 Å². The summed E-state index contributed by atoms with van der Waals surface area (Å²) in [6.07, 6.45) is 7.98. The Kier molecular flexibility index (Phi) is 4.29. The van der Waals surface area contributed by atoms with Gasteiger partial charge in [-0.3, -0.25) is 0 Å². The Morgan fingerprint density at radius 2 is 1.52 bits per heavy atom. The smallest absolute Gasteiger partial charge is 0.163 e. The van der Waals surface area contributed by atoms with Crippen molar-refractivity contribution in [3.8, 4) is 18.2 Å². The predicted octanol–water partition coefficient (Wildman–Crippen LogP) is 4.43. The van der Waals surface area contributed by atoms with Gasteiger partial charge in [-0.15, -0.1) is 0 Å². The molecule has 27 heavy (non-hydrogen) atoms. The van der Waals surface area contributed by atoms with Crippen LogP contribution in [-0.2, 0) is 5.41 Å². The van der Waals surface area contributed by atoms with E-state index in [1.807, 2.05) is 19.2 Å². The summed E-state index contributed by atoms with van der Waals surface area (Å²) in [6.45, 7) is 0. The van der Waals surface area contributed by atoms with Crippen LogP contribution in [0.25, 0.3) is 0 Å². The molecule has 0 heterocycles. The van der Waals surface area contributed by atoms with Crippen LogP contribution in [0, 0.1) is 51.7 Å². The number of nitrogens with zero attached hydrogens (tertiary/aromatic N) is 3. The molecule has 0 unspecified atom stereocenters. The van der Waals surface area contributed by atoms with Crippen molar-refractivity contribution in [3.05, 3.63) is 35.0 Å². The summed E-state index contributed by atoms with van der Waals surface area (Å²) in [7, 11) is 1.83. The molecule has 1 aromatic rings. The van der Waals surface area contributed by atoms with Gasteiger partial charge < -0.3 is 10.6 Å². The van der Waals surface area contributed by atoms with Crippen molar-refractivity contribution < 1.29 is 0 Å². The quantitative estimate of drug-likeness (QED) is 0.777. The third-order valence-corrected chi connectivity index (χ3v) is 6.78. The first-order valence-corrected chi connectivity index (χ1v) is 9.64. The Morgan fingerprint density at radius 3 is 2.00 bits per heavy atom. The van der Waals surface area contributed by atoms with Crippen molar-refractivity contribution >= 4 is 11.4 Å². The van der Waals surface area contributed by atoms with Gasteiger partial charge in [0.15, 0.2) is 5.57 Å². The van der Waals surface area contributed by atoms with E-state index in [1.54, 1.807) is 12.1 Å². The molecular weight excluding hydrogens is 334 g/mol. The fourth-order valence-corrected chi connectivity index (χ4v) is 6.08. The topological polar surface area (TPSA) is 95.4 Å². The molecule has 0 radical (unpaired) electrons. The fourth-order valence-electron chi connectivity index (χ4n) is 6.08. The van der Waals surface area contributed by atoms with E-state index >= 15 is 0 Å². The van der Waals surface area contributed by atoms with Crippen molar-refractivity contribution in [3.63, 3.8) is 0 Å². The van der Waals surface area contributed by atoms with Gasteiger partial charge in [-0.1, -0.05) is 6.07 Å². The third-order valence-electron chi connectivity index (χ3n) is 6.78. The molecule has 0 spiro atoms. The number of rotatable bonds is 4. The van der Waals surface area contributed by atoms with Gasteiger partial charge in [-0.05, 0) is 79.4 Å². The highest BCUT2D eigenvalue weighted by Crippen LogP contribution is 2.61. The first kappa shape index (κ1) is 17.4. The molecular formula is C22H23N5. The van der Waals surface area contributed by atoms with Crippen LogP contribution >= 0.6 is 0 Å². The molecule has 5 heteroatoms. The minimum atomic E-state index is -0.195. The molecule has 136 valence electrons. The average Bonchev–Trinajstić information content (AvgIpc) is 2.67. The molecule has 4 saturated carbocycles. The normalized spacial score (nSPS) is 29.9. The molecule has 0 saturated heterocycles. The number of benzene rings is 1. The first-order valence-electron chi connectivity index (χ1n) is 9.64. The van der Waals surface area contributed by atoms with Crippen LogP contribution in [0.5, 0.6) is 0 Å². The highest BCUT2D eigenvalue weighted by atomic mass is 14.9. The largest absolute Gasteiger partial charge is 0.386 e. The number of nitriles is 3.